The molecule has 1 amide bonds. The number of aromatic nitrogens is 3. The third-order valence-electron chi connectivity index (χ3n) is 8.39. The van der Waals surface area contributed by atoms with Crippen molar-refractivity contribution in [2.45, 2.75) is 31.2 Å². The number of likely N-dealkylation sites (tertiary alicyclic amines) is 1. The van der Waals surface area contributed by atoms with E-state index in [9.17, 15) is 28.2 Å². The summed E-state index contributed by atoms with van der Waals surface area (Å²) in [6.45, 7) is 3.45. The lowest BCUT2D eigenvalue weighted by Crippen LogP contribution is -2.46. The molecule has 6 rings (SSSR count). The van der Waals surface area contributed by atoms with E-state index in [0.717, 1.165) is 40.5 Å². The van der Waals surface area contributed by atoms with Crippen LogP contribution in [0.15, 0.2) is 106 Å². The minimum absolute atomic E-state index is 0.0345. The van der Waals surface area contributed by atoms with Crippen LogP contribution in [0.3, 0.4) is 0 Å². The van der Waals surface area contributed by atoms with E-state index in [4.69, 9.17) is 0 Å². The van der Waals surface area contributed by atoms with Crippen molar-refractivity contribution >= 4 is 50.0 Å². The monoisotopic (exact) mass is 667 g/mol. The molecule has 246 valence electrons. The summed E-state index contributed by atoms with van der Waals surface area (Å²) in [7, 11) is -4.16. The molecule has 3 aromatic carbocycles. The Morgan fingerprint density at radius 2 is 1.65 bits per heavy atom. The van der Waals surface area contributed by atoms with Crippen LogP contribution in [-0.2, 0) is 21.4 Å². The van der Waals surface area contributed by atoms with Gasteiger partial charge in [0.05, 0.1) is 33.7 Å². The number of pyridine rings is 1. The number of hydrogen-bond donors (Lipinski definition) is 2. The van der Waals surface area contributed by atoms with Crippen LogP contribution in [0, 0.1) is 12.8 Å². The van der Waals surface area contributed by atoms with E-state index in [1.165, 1.54) is 42.5 Å². The maximum atomic E-state index is 14.0. The number of carbonyl (C=O) groups excluding carboxylic acids is 1. The van der Waals surface area contributed by atoms with Crippen LogP contribution in [0.2, 0.25) is 0 Å². The molecule has 0 radical (unpaired) electrons. The number of para-hydroxylation sites is 1. The number of aromatic carboxylic acids is 1. The van der Waals surface area contributed by atoms with Gasteiger partial charge in [-0.1, -0.05) is 18.2 Å². The third-order valence-corrected chi connectivity index (χ3v) is 10.2. The van der Waals surface area contributed by atoms with Crippen LogP contribution in [0.4, 0.5) is 17.1 Å². The number of hydrogen-bond acceptors (Lipinski definition) is 9. The fourth-order valence-corrected chi connectivity index (χ4v) is 7.19. The van der Waals surface area contributed by atoms with Crippen LogP contribution in [-0.4, -0.2) is 69.6 Å². The number of aryl methyl sites for hydroxylation is 1. The number of sulfonamides is 1. The van der Waals surface area contributed by atoms with E-state index in [2.05, 4.69) is 24.8 Å². The van der Waals surface area contributed by atoms with E-state index in [1.807, 2.05) is 13.0 Å². The summed E-state index contributed by atoms with van der Waals surface area (Å²) < 4.78 is 31.2. The van der Waals surface area contributed by atoms with E-state index in [1.54, 1.807) is 47.6 Å². The molecule has 2 aromatic heterocycles. The first-order valence-electron chi connectivity index (χ1n) is 15.3. The SMILES string of the molecule is Cc1nc2cnccc2n1CC1CCN(C(=O)CN(c2ccccc2)S(=O)(=O)c2ccc(N=Nc3ccc(O)c(C(=O)O)c3)cc2)CC1. The number of piperidine rings is 1. The Hall–Kier alpha value is -5.63. The van der Waals surface area contributed by atoms with Gasteiger partial charge in [-0.25, -0.2) is 18.2 Å². The highest BCUT2D eigenvalue weighted by atomic mass is 32.2. The van der Waals surface area contributed by atoms with Crippen LogP contribution < -0.4 is 4.31 Å². The molecule has 1 aliphatic rings. The Kier molecular flexibility index (Phi) is 9.17. The van der Waals surface area contributed by atoms with Gasteiger partial charge in [0.25, 0.3) is 10.0 Å². The Labute approximate surface area is 276 Å². The molecule has 13 nitrogen and oxygen atoms in total. The fourth-order valence-electron chi connectivity index (χ4n) is 5.77. The van der Waals surface area contributed by atoms with Gasteiger partial charge in [0.1, 0.15) is 29.2 Å². The predicted octanol–water partition coefficient (Wildman–Crippen LogP) is 5.69. The highest BCUT2D eigenvalue weighted by Gasteiger charge is 2.31. The van der Waals surface area contributed by atoms with Gasteiger partial charge in [-0.3, -0.25) is 14.1 Å². The van der Waals surface area contributed by atoms with Crippen molar-refractivity contribution in [3.63, 3.8) is 0 Å². The van der Waals surface area contributed by atoms with Gasteiger partial charge in [0.2, 0.25) is 5.91 Å². The Bertz CT molecular complexity index is 2090. The molecule has 1 aliphatic heterocycles. The maximum Gasteiger partial charge on any atom is 0.339 e. The Morgan fingerprint density at radius 3 is 2.35 bits per heavy atom. The zero-order valence-corrected chi connectivity index (χ0v) is 26.9. The van der Waals surface area contributed by atoms with Gasteiger partial charge in [0.15, 0.2) is 0 Å². The Morgan fingerprint density at radius 1 is 0.958 bits per heavy atom. The molecular formula is C34H33N7O6S. The maximum absolute atomic E-state index is 14.0. The number of phenols is 1. The molecule has 14 heteroatoms. The topological polar surface area (TPSA) is 171 Å². The molecule has 48 heavy (non-hydrogen) atoms. The number of anilines is 1. The van der Waals surface area contributed by atoms with Crippen LogP contribution in [0.5, 0.6) is 5.75 Å². The zero-order chi connectivity index (χ0) is 33.8. The molecule has 0 spiro atoms. The summed E-state index contributed by atoms with van der Waals surface area (Å²) >= 11 is 0. The number of carboxylic acids is 1. The highest BCUT2D eigenvalue weighted by molar-refractivity contribution is 7.92. The van der Waals surface area contributed by atoms with E-state index in [0.29, 0.717) is 30.4 Å². The number of imidazole rings is 1. The van der Waals surface area contributed by atoms with Gasteiger partial charge in [-0.15, -0.1) is 0 Å². The molecule has 0 saturated carbocycles. The van der Waals surface area contributed by atoms with Crippen LogP contribution in [0.1, 0.15) is 29.0 Å². The Balaban J connectivity index is 1.14. The largest absolute Gasteiger partial charge is 0.507 e. The average Bonchev–Trinajstić information content (AvgIpc) is 3.41. The molecule has 0 unspecified atom stereocenters. The molecule has 0 atom stereocenters. The minimum Gasteiger partial charge on any atom is -0.507 e. The molecular weight excluding hydrogens is 634 g/mol. The number of rotatable bonds is 10. The summed E-state index contributed by atoms with van der Waals surface area (Å²) in [6.07, 6.45) is 5.08. The molecule has 1 saturated heterocycles. The number of carboxylic acid groups (broad SMARTS) is 1. The molecule has 0 bridgehead atoms. The lowest BCUT2D eigenvalue weighted by atomic mass is 9.96. The number of fused-ring (bicyclic) bond motifs is 1. The van der Waals surface area contributed by atoms with E-state index < -0.39 is 21.7 Å². The van der Waals surface area contributed by atoms with Crippen LogP contribution in [0.25, 0.3) is 11.0 Å². The van der Waals surface area contributed by atoms with Crippen molar-refractivity contribution in [3.05, 3.63) is 103 Å². The highest BCUT2D eigenvalue weighted by Crippen LogP contribution is 2.29. The molecule has 5 aromatic rings. The van der Waals surface area contributed by atoms with Crippen molar-refractivity contribution in [1.29, 1.82) is 0 Å². The third kappa shape index (κ3) is 6.88. The zero-order valence-electron chi connectivity index (χ0n) is 26.0. The minimum atomic E-state index is -4.16. The first-order chi connectivity index (χ1) is 23.1. The summed E-state index contributed by atoms with van der Waals surface area (Å²) in [5, 5.41) is 27.0. The normalized spacial score (nSPS) is 14.1. The van der Waals surface area contributed by atoms with Crippen molar-refractivity contribution < 1.29 is 28.2 Å². The summed E-state index contributed by atoms with van der Waals surface area (Å²) in [5.74, 6) is -0.720. The second-order valence-electron chi connectivity index (χ2n) is 11.5. The predicted molar refractivity (Wildman–Crippen MR) is 178 cm³/mol. The summed E-state index contributed by atoms with van der Waals surface area (Å²) in [5.41, 5.74) is 2.45. The summed E-state index contributed by atoms with van der Waals surface area (Å²) in [6, 6.07) is 19.9. The van der Waals surface area contributed by atoms with Gasteiger partial charge >= 0.3 is 5.97 Å². The van der Waals surface area contributed by atoms with Gasteiger partial charge < -0.3 is 19.7 Å². The number of carbonyl (C=O) groups is 2. The quantitative estimate of drug-likeness (QED) is 0.179. The van der Waals surface area contributed by atoms with Crippen molar-refractivity contribution in [1.82, 2.24) is 19.4 Å². The van der Waals surface area contributed by atoms with E-state index in [-0.39, 0.29) is 28.6 Å². The van der Waals surface area contributed by atoms with Crippen molar-refractivity contribution in [2.24, 2.45) is 16.1 Å². The first kappa shape index (κ1) is 32.3. The fraction of sp³-hybridized carbons (Fsp3) is 0.235. The molecule has 0 aliphatic carbocycles. The van der Waals surface area contributed by atoms with Gasteiger partial charge in [-0.2, -0.15) is 10.2 Å². The standard InChI is InChI=1S/C34H33N7O6S/c1-23-36-30-20-35-16-13-31(30)40(23)21-24-14-17-39(18-15-24)33(43)22-41(27-5-3-2-4-6-27)48(46,47)28-10-7-25(8-11-28)37-38-26-9-12-32(42)29(19-26)34(44)45/h2-13,16,19-20,24,42H,14-15,17-18,21-22H2,1H3,(H,44,45). The first-order valence-corrected chi connectivity index (χ1v) is 16.7. The molecule has 2 N–H and O–H groups in total. The number of aromatic hydroxyl groups is 1. The average molecular weight is 668 g/mol. The number of benzene rings is 3. The number of amides is 1. The smallest absolute Gasteiger partial charge is 0.339 e. The lowest BCUT2D eigenvalue weighted by Gasteiger charge is -2.34. The van der Waals surface area contributed by atoms with E-state index >= 15 is 0 Å². The lowest BCUT2D eigenvalue weighted by molar-refractivity contribution is -0.131. The second kappa shape index (κ2) is 13.6. The molecule has 1 fully saturated rings. The van der Waals surface area contributed by atoms with Gasteiger partial charge in [-0.05, 0) is 86.3 Å². The number of azo groups is 1. The van der Waals surface area contributed by atoms with Crippen molar-refractivity contribution in [2.75, 3.05) is 23.9 Å². The summed E-state index contributed by atoms with van der Waals surface area (Å²) in [4.78, 5) is 35.3. The van der Waals surface area contributed by atoms with Crippen LogP contribution >= 0.6 is 0 Å². The second-order valence-corrected chi connectivity index (χ2v) is 13.4. The number of nitrogens with zero attached hydrogens (tertiary/aromatic N) is 7. The molecule has 3 heterocycles. The van der Waals surface area contributed by atoms with Gasteiger partial charge in [0, 0.05) is 25.8 Å². The van der Waals surface area contributed by atoms with Crippen molar-refractivity contribution in [3.8, 4) is 5.75 Å².